The molecule has 2 amide bonds. The Bertz CT molecular complexity index is 993. The van der Waals surface area contributed by atoms with Gasteiger partial charge in [-0.1, -0.05) is 17.7 Å². The van der Waals surface area contributed by atoms with Gasteiger partial charge in [-0.2, -0.15) is 5.26 Å². The highest BCUT2D eigenvalue weighted by molar-refractivity contribution is 7.16. The van der Waals surface area contributed by atoms with Crippen molar-refractivity contribution in [3.8, 4) is 11.8 Å². The number of ether oxygens (including phenoxy) is 2. The van der Waals surface area contributed by atoms with Crippen LogP contribution in [-0.2, 0) is 33.7 Å². The lowest BCUT2D eigenvalue weighted by molar-refractivity contribution is -0.136. The van der Waals surface area contributed by atoms with Crippen LogP contribution in [0, 0.1) is 18.3 Å². The lowest BCUT2D eigenvalue weighted by atomic mass is 10.0. The third-order valence-electron chi connectivity index (χ3n) is 5.10. The van der Waals surface area contributed by atoms with Gasteiger partial charge in [0.25, 0.3) is 0 Å². The molecule has 30 heavy (non-hydrogen) atoms. The summed E-state index contributed by atoms with van der Waals surface area (Å²) < 4.78 is 10.3. The molecule has 1 N–H and O–H groups in total. The van der Waals surface area contributed by atoms with Crippen LogP contribution in [-0.4, -0.2) is 44.1 Å². The van der Waals surface area contributed by atoms with Crippen LogP contribution in [0.5, 0.6) is 5.75 Å². The Morgan fingerprint density at radius 3 is 2.83 bits per heavy atom. The molecule has 2 aromatic rings. The van der Waals surface area contributed by atoms with Crippen molar-refractivity contribution in [2.75, 3.05) is 32.7 Å². The monoisotopic (exact) mass is 427 g/mol. The van der Waals surface area contributed by atoms with E-state index in [1.807, 2.05) is 25.1 Å². The molecule has 8 heteroatoms. The molecule has 0 radical (unpaired) electrons. The van der Waals surface area contributed by atoms with Gasteiger partial charge < -0.3 is 19.7 Å². The van der Waals surface area contributed by atoms with Crippen LogP contribution in [0.25, 0.3) is 0 Å². The predicted octanol–water partition coefficient (Wildman–Crippen LogP) is 3.04. The second kappa shape index (κ2) is 9.74. The van der Waals surface area contributed by atoms with E-state index in [4.69, 9.17) is 9.47 Å². The molecule has 1 aliphatic rings. The SMILES string of the molecule is COCC(=O)N1CCc2c(sc(NC(=O)CCc3cc(C)ccc3OC)c2C#N)C1. The zero-order valence-corrected chi connectivity index (χ0v) is 18.2. The third-order valence-corrected chi connectivity index (χ3v) is 6.23. The summed E-state index contributed by atoms with van der Waals surface area (Å²) in [6, 6.07) is 8.12. The van der Waals surface area contributed by atoms with Crippen molar-refractivity contribution in [3.63, 3.8) is 0 Å². The van der Waals surface area contributed by atoms with Gasteiger partial charge in [-0.15, -0.1) is 11.3 Å². The van der Waals surface area contributed by atoms with Crippen LogP contribution >= 0.6 is 11.3 Å². The molecule has 7 nitrogen and oxygen atoms in total. The molecular weight excluding hydrogens is 402 g/mol. The highest BCUT2D eigenvalue weighted by Crippen LogP contribution is 2.36. The highest BCUT2D eigenvalue weighted by atomic mass is 32.1. The Labute approximate surface area is 180 Å². The number of nitrogens with zero attached hydrogens (tertiary/aromatic N) is 2. The van der Waals surface area contributed by atoms with Gasteiger partial charge in [-0.25, -0.2) is 0 Å². The minimum atomic E-state index is -0.152. The lowest BCUT2D eigenvalue weighted by Gasteiger charge is -2.26. The zero-order valence-electron chi connectivity index (χ0n) is 17.4. The van der Waals surface area contributed by atoms with E-state index in [9.17, 15) is 14.9 Å². The zero-order chi connectivity index (χ0) is 21.7. The number of rotatable bonds is 7. The Hall–Kier alpha value is -2.89. The molecule has 1 aromatic heterocycles. The number of thiophene rings is 1. The van der Waals surface area contributed by atoms with E-state index in [2.05, 4.69) is 11.4 Å². The fraction of sp³-hybridized carbons (Fsp3) is 0.409. The van der Waals surface area contributed by atoms with Crippen molar-refractivity contribution in [1.82, 2.24) is 4.90 Å². The van der Waals surface area contributed by atoms with E-state index >= 15 is 0 Å². The first-order chi connectivity index (χ1) is 14.5. The molecule has 0 spiro atoms. The van der Waals surface area contributed by atoms with Gasteiger partial charge in [0.15, 0.2) is 0 Å². The van der Waals surface area contributed by atoms with Crippen molar-refractivity contribution in [3.05, 3.63) is 45.3 Å². The summed E-state index contributed by atoms with van der Waals surface area (Å²) in [6.45, 7) is 3.02. The van der Waals surface area contributed by atoms with Crippen molar-refractivity contribution in [1.29, 1.82) is 5.26 Å². The molecule has 3 rings (SSSR count). The second-order valence-corrected chi connectivity index (χ2v) is 8.29. The first-order valence-electron chi connectivity index (χ1n) is 9.71. The van der Waals surface area contributed by atoms with Crippen molar-refractivity contribution < 1.29 is 19.1 Å². The number of methoxy groups -OCH3 is 2. The number of benzene rings is 1. The molecule has 0 bridgehead atoms. The van der Waals surface area contributed by atoms with E-state index < -0.39 is 0 Å². The summed E-state index contributed by atoms with van der Waals surface area (Å²) in [5.41, 5.74) is 3.53. The van der Waals surface area contributed by atoms with Crippen LogP contribution < -0.4 is 10.1 Å². The summed E-state index contributed by atoms with van der Waals surface area (Å²) in [6.07, 6.45) is 1.43. The van der Waals surface area contributed by atoms with Gasteiger partial charge in [0.2, 0.25) is 11.8 Å². The van der Waals surface area contributed by atoms with Crippen LogP contribution in [0.2, 0.25) is 0 Å². The number of carbonyl (C=O) groups excluding carboxylic acids is 2. The Kier molecular flexibility index (Phi) is 7.08. The number of hydrogen-bond donors (Lipinski definition) is 1. The standard InChI is InChI=1S/C22H25N3O4S/c1-14-4-6-18(29-3)15(10-14)5-7-20(26)24-22-17(11-23)16-8-9-25(12-19(16)30-22)21(27)13-28-2/h4,6,10H,5,7-9,12-13H2,1-3H3,(H,24,26). The summed E-state index contributed by atoms with van der Waals surface area (Å²) in [5, 5.41) is 13.1. The molecule has 0 atom stereocenters. The van der Waals surface area contributed by atoms with Gasteiger partial charge in [0, 0.05) is 25.0 Å². The molecule has 1 aromatic carbocycles. The van der Waals surface area contributed by atoms with Crippen LogP contribution in [0.3, 0.4) is 0 Å². The minimum Gasteiger partial charge on any atom is -0.496 e. The van der Waals surface area contributed by atoms with E-state index in [-0.39, 0.29) is 24.8 Å². The van der Waals surface area contributed by atoms with Crippen LogP contribution in [0.1, 0.15) is 33.6 Å². The van der Waals surface area contributed by atoms with E-state index in [1.54, 1.807) is 12.0 Å². The summed E-state index contributed by atoms with van der Waals surface area (Å²) in [7, 11) is 3.11. The molecular formula is C22H25N3O4S. The fourth-order valence-corrected chi connectivity index (χ4v) is 4.81. The average Bonchev–Trinajstić information content (AvgIpc) is 3.08. The summed E-state index contributed by atoms with van der Waals surface area (Å²) in [4.78, 5) is 27.3. The maximum absolute atomic E-state index is 12.6. The number of amides is 2. The van der Waals surface area contributed by atoms with Crippen LogP contribution in [0.4, 0.5) is 5.00 Å². The number of anilines is 1. The fourth-order valence-electron chi connectivity index (χ4n) is 3.58. The van der Waals surface area contributed by atoms with Crippen molar-refractivity contribution in [2.24, 2.45) is 0 Å². The molecule has 0 unspecified atom stereocenters. The van der Waals surface area contributed by atoms with Crippen molar-refractivity contribution >= 4 is 28.2 Å². The maximum Gasteiger partial charge on any atom is 0.248 e. The van der Waals surface area contributed by atoms with Gasteiger partial charge >= 0.3 is 0 Å². The molecule has 1 aliphatic heterocycles. The number of nitriles is 1. The number of carbonyl (C=O) groups is 2. The second-order valence-electron chi connectivity index (χ2n) is 7.18. The van der Waals surface area contributed by atoms with Crippen molar-refractivity contribution in [2.45, 2.75) is 32.7 Å². The number of hydrogen-bond acceptors (Lipinski definition) is 6. The maximum atomic E-state index is 12.6. The highest BCUT2D eigenvalue weighted by Gasteiger charge is 2.27. The summed E-state index contributed by atoms with van der Waals surface area (Å²) >= 11 is 1.37. The Balaban J connectivity index is 1.69. The molecule has 0 fully saturated rings. The summed E-state index contributed by atoms with van der Waals surface area (Å²) in [5.74, 6) is 0.534. The van der Waals surface area contributed by atoms with E-state index in [0.717, 1.165) is 27.3 Å². The lowest BCUT2D eigenvalue weighted by Crippen LogP contribution is -2.37. The normalized spacial score (nSPS) is 12.8. The van der Waals surface area contributed by atoms with Gasteiger partial charge in [0.1, 0.15) is 23.4 Å². The smallest absolute Gasteiger partial charge is 0.248 e. The molecule has 0 aliphatic carbocycles. The minimum absolute atomic E-state index is 0.0395. The molecule has 0 saturated heterocycles. The molecule has 2 heterocycles. The first-order valence-corrected chi connectivity index (χ1v) is 10.5. The number of nitrogens with one attached hydrogen (secondary N) is 1. The quantitative estimate of drug-likeness (QED) is 0.733. The Morgan fingerprint density at radius 1 is 1.33 bits per heavy atom. The number of aryl methyl sites for hydroxylation is 2. The molecule has 0 saturated carbocycles. The number of fused-ring (bicyclic) bond motifs is 1. The van der Waals surface area contributed by atoms with Gasteiger partial charge in [0.05, 0.1) is 19.2 Å². The average molecular weight is 428 g/mol. The van der Waals surface area contributed by atoms with E-state index in [1.165, 1.54) is 18.4 Å². The first kappa shape index (κ1) is 21.8. The van der Waals surface area contributed by atoms with Gasteiger partial charge in [-0.3, -0.25) is 9.59 Å². The van der Waals surface area contributed by atoms with Crippen LogP contribution in [0.15, 0.2) is 18.2 Å². The molecule has 158 valence electrons. The predicted molar refractivity (Wildman–Crippen MR) is 115 cm³/mol. The largest absolute Gasteiger partial charge is 0.496 e. The topological polar surface area (TPSA) is 91.7 Å². The third kappa shape index (κ3) is 4.81. The van der Waals surface area contributed by atoms with Gasteiger partial charge in [-0.05, 0) is 37.0 Å². The Morgan fingerprint density at radius 2 is 2.13 bits per heavy atom. The van der Waals surface area contributed by atoms with E-state index in [0.29, 0.717) is 36.5 Å².